The zero-order valence-corrected chi connectivity index (χ0v) is 9.27. The molecule has 3 nitrogen and oxygen atoms in total. The van der Waals surface area contributed by atoms with Crippen LogP contribution in [-0.2, 0) is 13.6 Å². The van der Waals surface area contributed by atoms with Crippen molar-refractivity contribution in [2.45, 2.75) is 26.7 Å². The summed E-state index contributed by atoms with van der Waals surface area (Å²) in [4.78, 5) is 0. The monoisotopic (exact) mass is 194 g/mol. The van der Waals surface area contributed by atoms with Crippen molar-refractivity contribution in [1.29, 1.82) is 0 Å². The Hall–Kier alpha value is 0.150. The molecule has 0 radical (unpaired) electrons. The maximum atomic E-state index is 11.2. The van der Waals surface area contributed by atoms with Crippen LogP contribution < -0.4 is 0 Å². The van der Waals surface area contributed by atoms with E-state index in [2.05, 4.69) is 18.4 Å². The molecule has 0 rings (SSSR count). The Morgan fingerprint density at radius 1 is 1.42 bits per heavy atom. The molecular weight excluding hydrogens is 175 g/mol. The molecule has 1 unspecified atom stereocenters. The van der Waals surface area contributed by atoms with E-state index in [4.69, 9.17) is 4.52 Å². The molecule has 0 aliphatic heterocycles. The van der Waals surface area contributed by atoms with Gasteiger partial charge in [-0.05, 0) is 18.8 Å². The summed E-state index contributed by atoms with van der Waals surface area (Å²) >= 11 is 0. The van der Waals surface area contributed by atoms with Gasteiger partial charge in [0.1, 0.15) is 0 Å². The highest BCUT2D eigenvalue weighted by Gasteiger charge is 2.13. The van der Waals surface area contributed by atoms with Crippen LogP contribution in [-0.4, -0.2) is 20.4 Å². The lowest BCUT2D eigenvalue weighted by Crippen LogP contribution is -1.96. The van der Waals surface area contributed by atoms with Crippen LogP contribution in [0.15, 0.2) is 0 Å². The van der Waals surface area contributed by atoms with Crippen molar-refractivity contribution in [3.8, 4) is 0 Å². The summed E-state index contributed by atoms with van der Waals surface area (Å²) in [5, 5.41) is 0. The molecule has 0 aromatic heterocycles. The minimum atomic E-state index is -2.73. The fraction of sp³-hybridized carbons (Fsp3) is 1.00. The Morgan fingerprint density at radius 2 is 2.00 bits per heavy atom. The fourth-order valence-corrected chi connectivity index (χ4v) is 1.34. The second-order valence-electron chi connectivity index (χ2n) is 3.32. The van der Waals surface area contributed by atoms with Crippen molar-refractivity contribution in [3.63, 3.8) is 0 Å². The molecule has 0 fully saturated rings. The average molecular weight is 194 g/mol. The lowest BCUT2D eigenvalue weighted by atomic mass is 10.1. The van der Waals surface area contributed by atoms with Gasteiger partial charge in [-0.15, -0.1) is 0 Å². The van der Waals surface area contributed by atoms with Gasteiger partial charge in [0.25, 0.3) is 0 Å². The van der Waals surface area contributed by atoms with Crippen LogP contribution in [0.4, 0.5) is 0 Å². The molecule has 0 heterocycles. The predicted octanol–water partition coefficient (Wildman–Crippen LogP) is 2.91. The zero-order valence-electron chi connectivity index (χ0n) is 8.37. The SMILES string of the molecule is COP(C)(=O)OCCCC(C)C. The maximum Gasteiger partial charge on any atom is 0.327 e. The van der Waals surface area contributed by atoms with Gasteiger partial charge in [0, 0.05) is 13.8 Å². The van der Waals surface area contributed by atoms with E-state index in [-0.39, 0.29) is 0 Å². The van der Waals surface area contributed by atoms with Gasteiger partial charge in [-0.25, -0.2) is 0 Å². The van der Waals surface area contributed by atoms with Gasteiger partial charge >= 0.3 is 7.60 Å². The molecule has 0 aliphatic carbocycles. The van der Waals surface area contributed by atoms with Crippen LogP contribution in [0.3, 0.4) is 0 Å². The fourth-order valence-electron chi connectivity index (χ4n) is 0.775. The molecule has 0 saturated heterocycles. The summed E-state index contributed by atoms with van der Waals surface area (Å²) in [6, 6.07) is 0. The molecule has 1 atom stereocenters. The number of hydrogen-bond acceptors (Lipinski definition) is 3. The van der Waals surface area contributed by atoms with Crippen LogP contribution in [0.25, 0.3) is 0 Å². The Labute approximate surface area is 75.0 Å². The van der Waals surface area contributed by atoms with E-state index in [0.29, 0.717) is 12.5 Å². The molecule has 0 bridgehead atoms. The first-order valence-electron chi connectivity index (χ1n) is 4.25. The van der Waals surface area contributed by atoms with Crippen molar-refractivity contribution < 1.29 is 13.6 Å². The van der Waals surface area contributed by atoms with Crippen LogP contribution in [0.5, 0.6) is 0 Å². The molecule has 0 amide bonds. The minimum absolute atomic E-state index is 0.528. The lowest BCUT2D eigenvalue weighted by molar-refractivity contribution is 0.231. The zero-order chi connectivity index (χ0) is 9.61. The summed E-state index contributed by atoms with van der Waals surface area (Å²) in [7, 11) is -1.33. The Bertz CT molecular complexity index is 156. The molecular formula is C8H19O3P. The first-order chi connectivity index (χ1) is 5.48. The summed E-state index contributed by atoms with van der Waals surface area (Å²) in [6.07, 6.45) is 2.04. The van der Waals surface area contributed by atoms with Gasteiger partial charge in [0.15, 0.2) is 0 Å². The van der Waals surface area contributed by atoms with Gasteiger partial charge in [-0.3, -0.25) is 4.57 Å². The second-order valence-corrected chi connectivity index (χ2v) is 5.49. The Kier molecular flexibility index (Phi) is 5.81. The molecule has 0 aromatic rings. The summed E-state index contributed by atoms with van der Waals surface area (Å²) in [6.45, 7) is 6.33. The summed E-state index contributed by atoms with van der Waals surface area (Å²) < 4.78 is 20.9. The Balaban J connectivity index is 3.38. The largest absolute Gasteiger partial charge is 0.327 e. The van der Waals surface area contributed by atoms with E-state index in [0.717, 1.165) is 12.8 Å². The van der Waals surface area contributed by atoms with Gasteiger partial charge in [-0.2, -0.15) is 0 Å². The van der Waals surface area contributed by atoms with Gasteiger partial charge < -0.3 is 9.05 Å². The third kappa shape index (κ3) is 6.84. The van der Waals surface area contributed by atoms with Gasteiger partial charge in [0.05, 0.1) is 6.61 Å². The van der Waals surface area contributed by atoms with Crippen molar-refractivity contribution in [2.75, 3.05) is 20.4 Å². The molecule has 4 heteroatoms. The molecule has 0 aromatic carbocycles. The molecule has 12 heavy (non-hydrogen) atoms. The van der Waals surface area contributed by atoms with Crippen LogP contribution in [0, 0.1) is 5.92 Å². The van der Waals surface area contributed by atoms with E-state index >= 15 is 0 Å². The molecule has 74 valence electrons. The molecule has 0 saturated carbocycles. The van der Waals surface area contributed by atoms with E-state index in [1.54, 1.807) is 0 Å². The van der Waals surface area contributed by atoms with E-state index in [9.17, 15) is 4.57 Å². The highest BCUT2D eigenvalue weighted by Crippen LogP contribution is 2.42. The van der Waals surface area contributed by atoms with Gasteiger partial charge in [-0.1, -0.05) is 13.8 Å². The van der Waals surface area contributed by atoms with E-state index in [1.165, 1.54) is 13.8 Å². The van der Waals surface area contributed by atoms with Crippen molar-refractivity contribution in [1.82, 2.24) is 0 Å². The van der Waals surface area contributed by atoms with Crippen LogP contribution >= 0.6 is 7.60 Å². The predicted molar refractivity (Wildman–Crippen MR) is 50.6 cm³/mol. The number of hydrogen-bond donors (Lipinski definition) is 0. The van der Waals surface area contributed by atoms with Gasteiger partial charge in [0.2, 0.25) is 0 Å². The first kappa shape index (κ1) is 12.2. The normalized spacial score (nSPS) is 16.4. The third-order valence-corrected chi connectivity index (χ3v) is 2.90. The second kappa shape index (κ2) is 5.74. The molecule has 0 N–H and O–H groups in total. The highest BCUT2D eigenvalue weighted by molar-refractivity contribution is 7.52. The first-order valence-corrected chi connectivity index (χ1v) is 6.24. The van der Waals surface area contributed by atoms with Crippen molar-refractivity contribution in [2.24, 2.45) is 5.92 Å². The smallest absolute Gasteiger partial charge is 0.312 e. The standard InChI is InChI=1S/C8H19O3P/c1-8(2)6-5-7-11-12(4,9)10-3/h8H,5-7H2,1-4H3. The molecule has 0 spiro atoms. The Morgan fingerprint density at radius 3 is 2.42 bits per heavy atom. The minimum Gasteiger partial charge on any atom is -0.312 e. The molecule has 0 aliphatic rings. The summed E-state index contributed by atoms with van der Waals surface area (Å²) in [5.74, 6) is 0.674. The topological polar surface area (TPSA) is 35.5 Å². The third-order valence-electron chi connectivity index (χ3n) is 1.58. The van der Waals surface area contributed by atoms with Crippen LogP contribution in [0.1, 0.15) is 26.7 Å². The number of rotatable bonds is 6. The van der Waals surface area contributed by atoms with Crippen LogP contribution in [0.2, 0.25) is 0 Å². The lowest BCUT2D eigenvalue weighted by Gasteiger charge is -2.11. The average Bonchev–Trinajstić information content (AvgIpc) is 1.98. The van der Waals surface area contributed by atoms with E-state index < -0.39 is 7.60 Å². The summed E-state index contributed by atoms with van der Waals surface area (Å²) in [5.41, 5.74) is 0. The van der Waals surface area contributed by atoms with Crippen molar-refractivity contribution in [3.05, 3.63) is 0 Å². The maximum absolute atomic E-state index is 11.2. The highest BCUT2D eigenvalue weighted by atomic mass is 31.2. The van der Waals surface area contributed by atoms with E-state index in [1.807, 2.05) is 0 Å². The quantitative estimate of drug-likeness (QED) is 0.481. The van der Waals surface area contributed by atoms with Crippen molar-refractivity contribution >= 4 is 7.60 Å².